The van der Waals surface area contributed by atoms with Gasteiger partial charge >= 0.3 is 5.97 Å². The molecule has 0 spiro atoms. The van der Waals surface area contributed by atoms with Crippen LogP contribution in [-0.4, -0.2) is 36.8 Å². The molecule has 1 aromatic rings. The molecule has 6 nitrogen and oxygen atoms in total. The second kappa shape index (κ2) is 6.97. The molecule has 0 saturated carbocycles. The Hall–Kier alpha value is -2.12. The molecule has 23 heavy (non-hydrogen) atoms. The summed E-state index contributed by atoms with van der Waals surface area (Å²) >= 11 is 5.25. The van der Waals surface area contributed by atoms with E-state index in [2.05, 4.69) is 5.32 Å². The van der Waals surface area contributed by atoms with Crippen LogP contribution in [0.2, 0.25) is 0 Å². The van der Waals surface area contributed by atoms with Crippen LogP contribution < -0.4 is 16.1 Å². The number of benzene rings is 1. The van der Waals surface area contributed by atoms with Crippen LogP contribution in [0.25, 0.3) is 0 Å². The normalized spacial score (nSPS) is 17.9. The van der Waals surface area contributed by atoms with Gasteiger partial charge in [-0.3, -0.25) is 5.01 Å². The number of carbonyl (C=O) groups is 1. The first kappa shape index (κ1) is 17.2. The summed E-state index contributed by atoms with van der Waals surface area (Å²) in [5.41, 5.74) is 3.06. The SMILES string of the molecule is CCOC(=O)C1=C(C)N(N)C(=S)N[C@H]1c1ccc(N(C)C)cc1. The monoisotopic (exact) mass is 334 g/mol. The highest BCUT2D eigenvalue weighted by Gasteiger charge is 2.33. The van der Waals surface area contributed by atoms with Gasteiger partial charge in [-0.15, -0.1) is 0 Å². The van der Waals surface area contributed by atoms with Crippen LogP contribution in [0.4, 0.5) is 5.69 Å². The third-order valence-electron chi connectivity index (χ3n) is 3.76. The lowest BCUT2D eigenvalue weighted by Crippen LogP contribution is -2.50. The molecule has 2 rings (SSSR count). The molecule has 0 amide bonds. The van der Waals surface area contributed by atoms with E-state index in [1.165, 1.54) is 5.01 Å². The standard InChI is InChI=1S/C16H22N4O2S/c1-5-22-15(21)13-10(2)20(17)16(23)18-14(13)11-6-8-12(9-7-11)19(3)4/h6-9,14H,5,17H2,1-4H3,(H,18,23)/t14-/m0/s1. The molecular weight excluding hydrogens is 312 g/mol. The number of ether oxygens (including phenoxy) is 1. The van der Waals surface area contributed by atoms with E-state index in [0.29, 0.717) is 23.0 Å². The van der Waals surface area contributed by atoms with Crippen molar-refractivity contribution in [3.63, 3.8) is 0 Å². The smallest absolute Gasteiger partial charge is 0.338 e. The first-order valence-electron chi connectivity index (χ1n) is 7.37. The van der Waals surface area contributed by atoms with Crippen molar-refractivity contribution in [2.75, 3.05) is 25.6 Å². The number of rotatable bonds is 4. The third-order valence-corrected chi connectivity index (χ3v) is 4.08. The maximum Gasteiger partial charge on any atom is 0.338 e. The van der Waals surface area contributed by atoms with Crippen LogP contribution >= 0.6 is 12.2 Å². The first-order chi connectivity index (χ1) is 10.9. The molecule has 0 bridgehead atoms. The number of hydrogen-bond donors (Lipinski definition) is 2. The van der Waals surface area contributed by atoms with Gasteiger partial charge in [0, 0.05) is 25.5 Å². The fraction of sp³-hybridized carbons (Fsp3) is 0.375. The van der Waals surface area contributed by atoms with Crippen molar-refractivity contribution in [2.24, 2.45) is 5.84 Å². The number of nitrogens with one attached hydrogen (secondary N) is 1. The summed E-state index contributed by atoms with van der Waals surface area (Å²) in [6, 6.07) is 7.54. The molecule has 1 aliphatic heterocycles. The second-order valence-electron chi connectivity index (χ2n) is 5.46. The summed E-state index contributed by atoms with van der Waals surface area (Å²) in [7, 11) is 3.95. The van der Waals surface area contributed by atoms with Crippen molar-refractivity contribution in [3.8, 4) is 0 Å². The lowest BCUT2D eigenvalue weighted by Gasteiger charge is -2.34. The zero-order valence-corrected chi connectivity index (χ0v) is 14.6. The summed E-state index contributed by atoms with van der Waals surface area (Å²) in [5, 5.41) is 4.78. The Morgan fingerprint density at radius 1 is 1.39 bits per heavy atom. The Morgan fingerprint density at radius 2 is 2.00 bits per heavy atom. The van der Waals surface area contributed by atoms with E-state index >= 15 is 0 Å². The number of allylic oxidation sites excluding steroid dienone is 1. The predicted octanol–water partition coefficient (Wildman–Crippen LogP) is 1.69. The average Bonchev–Trinajstić information content (AvgIpc) is 2.52. The number of hydrogen-bond acceptors (Lipinski definition) is 5. The van der Waals surface area contributed by atoms with Gasteiger partial charge in [-0.1, -0.05) is 12.1 Å². The minimum absolute atomic E-state index is 0.302. The number of nitrogens with zero attached hydrogens (tertiary/aromatic N) is 2. The number of hydrazine groups is 1. The Bertz CT molecular complexity index is 640. The Labute approximate surface area is 141 Å². The molecule has 0 radical (unpaired) electrons. The molecule has 0 unspecified atom stereocenters. The topological polar surface area (TPSA) is 70.8 Å². The van der Waals surface area contributed by atoms with E-state index in [4.69, 9.17) is 22.8 Å². The van der Waals surface area contributed by atoms with Gasteiger partial charge in [-0.05, 0) is 43.8 Å². The van der Waals surface area contributed by atoms with Gasteiger partial charge in [0.1, 0.15) is 0 Å². The fourth-order valence-corrected chi connectivity index (χ4v) is 2.70. The van der Waals surface area contributed by atoms with E-state index in [1.807, 2.05) is 43.3 Å². The van der Waals surface area contributed by atoms with Crippen molar-refractivity contribution < 1.29 is 9.53 Å². The van der Waals surface area contributed by atoms with Gasteiger partial charge in [0.15, 0.2) is 5.11 Å². The van der Waals surface area contributed by atoms with Crippen LogP contribution in [0.5, 0.6) is 0 Å². The summed E-state index contributed by atoms with van der Waals surface area (Å²) in [6.45, 7) is 3.84. The fourth-order valence-electron chi connectivity index (χ4n) is 2.45. The zero-order valence-electron chi connectivity index (χ0n) is 13.8. The van der Waals surface area contributed by atoms with E-state index in [0.717, 1.165) is 11.3 Å². The quantitative estimate of drug-likeness (QED) is 0.493. The van der Waals surface area contributed by atoms with Crippen molar-refractivity contribution >= 4 is 29.0 Å². The second-order valence-corrected chi connectivity index (χ2v) is 5.84. The maximum absolute atomic E-state index is 12.4. The number of esters is 1. The zero-order chi connectivity index (χ0) is 17.1. The summed E-state index contributed by atoms with van der Waals surface area (Å²) in [5.74, 6) is 5.52. The van der Waals surface area contributed by atoms with E-state index in [-0.39, 0.29) is 6.04 Å². The Kier molecular flexibility index (Phi) is 5.23. The molecule has 1 atom stereocenters. The van der Waals surface area contributed by atoms with Crippen molar-refractivity contribution in [2.45, 2.75) is 19.9 Å². The number of anilines is 1. The molecule has 7 heteroatoms. The van der Waals surface area contributed by atoms with E-state index in [9.17, 15) is 4.79 Å². The molecule has 0 saturated heterocycles. The number of thiocarbonyl (C=S) groups is 1. The van der Waals surface area contributed by atoms with Gasteiger partial charge < -0.3 is 15.0 Å². The van der Waals surface area contributed by atoms with Crippen LogP contribution in [0.3, 0.4) is 0 Å². The lowest BCUT2D eigenvalue weighted by molar-refractivity contribution is -0.139. The van der Waals surface area contributed by atoms with Crippen LogP contribution in [0, 0.1) is 0 Å². The van der Waals surface area contributed by atoms with Gasteiger partial charge in [0.05, 0.1) is 18.2 Å². The third kappa shape index (κ3) is 3.46. The molecule has 0 fully saturated rings. The van der Waals surface area contributed by atoms with Gasteiger partial charge in [0.25, 0.3) is 0 Å². The summed E-state index contributed by atoms with van der Waals surface area (Å²) in [4.78, 5) is 14.4. The minimum Gasteiger partial charge on any atom is -0.463 e. The van der Waals surface area contributed by atoms with Crippen LogP contribution in [-0.2, 0) is 9.53 Å². The van der Waals surface area contributed by atoms with Crippen molar-refractivity contribution in [3.05, 3.63) is 41.1 Å². The molecule has 1 aromatic carbocycles. The number of carbonyl (C=O) groups excluding carboxylic acids is 1. The number of nitrogens with two attached hydrogens (primary N) is 1. The molecule has 3 N–H and O–H groups in total. The van der Waals surface area contributed by atoms with Crippen molar-refractivity contribution in [1.29, 1.82) is 0 Å². The first-order valence-corrected chi connectivity index (χ1v) is 7.78. The van der Waals surface area contributed by atoms with Crippen LogP contribution in [0.1, 0.15) is 25.5 Å². The summed E-state index contributed by atoms with van der Waals surface area (Å²) in [6.07, 6.45) is 0. The molecule has 1 heterocycles. The lowest BCUT2D eigenvalue weighted by atomic mass is 9.95. The molecule has 1 aliphatic rings. The molecular formula is C16H22N4O2S. The van der Waals surface area contributed by atoms with E-state index < -0.39 is 5.97 Å². The Balaban J connectivity index is 2.44. The minimum atomic E-state index is -0.392. The maximum atomic E-state index is 12.4. The highest BCUT2D eigenvalue weighted by Crippen LogP contribution is 2.31. The largest absolute Gasteiger partial charge is 0.463 e. The van der Waals surface area contributed by atoms with Crippen LogP contribution in [0.15, 0.2) is 35.5 Å². The highest BCUT2D eigenvalue weighted by molar-refractivity contribution is 7.80. The van der Waals surface area contributed by atoms with Crippen molar-refractivity contribution in [1.82, 2.24) is 10.3 Å². The van der Waals surface area contributed by atoms with Gasteiger partial charge in [-0.2, -0.15) is 0 Å². The average molecular weight is 334 g/mol. The van der Waals surface area contributed by atoms with Gasteiger partial charge in [0.2, 0.25) is 0 Å². The predicted molar refractivity (Wildman–Crippen MR) is 94.6 cm³/mol. The molecule has 0 aliphatic carbocycles. The van der Waals surface area contributed by atoms with Gasteiger partial charge in [-0.25, -0.2) is 10.6 Å². The highest BCUT2D eigenvalue weighted by atomic mass is 32.1. The summed E-state index contributed by atoms with van der Waals surface area (Å²) < 4.78 is 5.18. The molecule has 124 valence electrons. The molecule has 0 aromatic heterocycles. The van der Waals surface area contributed by atoms with E-state index in [1.54, 1.807) is 13.8 Å². The Morgan fingerprint density at radius 3 is 2.52 bits per heavy atom.